The Morgan fingerprint density at radius 2 is 2.04 bits per heavy atom. The van der Waals surface area contributed by atoms with E-state index in [1.54, 1.807) is 19.1 Å². The summed E-state index contributed by atoms with van der Waals surface area (Å²) in [6.45, 7) is 3.23. The maximum Gasteiger partial charge on any atom is 0.216 e. The van der Waals surface area contributed by atoms with Gasteiger partial charge in [-0.3, -0.25) is 4.90 Å². The van der Waals surface area contributed by atoms with Crippen molar-refractivity contribution < 1.29 is 13.9 Å². The fourth-order valence-electron chi connectivity index (χ4n) is 2.75. The van der Waals surface area contributed by atoms with E-state index in [4.69, 9.17) is 4.42 Å². The highest BCUT2D eigenvalue weighted by molar-refractivity contribution is 5.18. The highest BCUT2D eigenvalue weighted by Gasteiger charge is 2.30. The first kappa shape index (κ1) is 16.1. The van der Waals surface area contributed by atoms with Crippen LogP contribution in [-0.2, 0) is 6.42 Å². The summed E-state index contributed by atoms with van der Waals surface area (Å²) in [4.78, 5) is 2.30. The van der Waals surface area contributed by atoms with Gasteiger partial charge in [-0.2, -0.15) is 0 Å². The molecule has 3 rings (SSSR count). The fraction of sp³-hybridized carbons (Fsp3) is 0.529. The zero-order valence-electron chi connectivity index (χ0n) is 13.3. The monoisotopic (exact) mass is 319 g/mol. The third-order valence-electron chi connectivity index (χ3n) is 4.13. The van der Waals surface area contributed by atoms with E-state index in [1.165, 1.54) is 25.0 Å². The molecule has 1 aliphatic rings. The maximum atomic E-state index is 13.0. The van der Waals surface area contributed by atoms with E-state index in [9.17, 15) is 9.50 Å². The van der Waals surface area contributed by atoms with Crippen LogP contribution in [-0.4, -0.2) is 39.3 Å². The summed E-state index contributed by atoms with van der Waals surface area (Å²) in [5.41, 5.74) is 0.754. The maximum absolute atomic E-state index is 13.0. The number of aryl methyl sites for hydroxylation is 2. The number of nitrogens with zero attached hydrogens (tertiary/aromatic N) is 3. The molecule has 0 aliphatic heterocycles. The Morgan fingerprint density at radius 1 is 1.30 bits per heavy atom. The van der Waals surface area contributed by atoms with E-state index < -0.39 is 6.10 Å². The van der Waals surface area contributed by atoms with Gasteiger partial charge in [0.2, 0.25) is 11.8 Å². The molecule has 0 spiro atoms. The largest absolute Gasteiger partial charge is 0.426 e. The van der Waals surface area contributed by atoms with E-state index in [0.29, 0.717) is 24.4 Å². The van der Waals surface area contributed by atoms with Gasteiger partial charge >= 0.3 is 0 Å². The van der Waals surface area contributed by atoms with Crippen LogP contribution in [0.3, 0.4) is 0 Å². The van der Waals surface area contributed by atoms with Gasteiger partial charge < -0.3 is 9.52 Å². The Morgan fingerprint density at radius 3 is 2.65 bits per heavy atom. The number of halogens is 1. The molecule has 1 fully saturated rings. The molecule has 1 aliphatic carbocycles. The first-order valence-corrected chi connectivity index (χ1v) is 8.08. The lowest BCUT2D eigenvalue weighted by Crippen LogP contribution is -2.32. The summed E-state index contributed by atoms with van der Waals surface area (Å²) in [6, 6.07) is 6.61. The van der Waals surface area contributed by atoms with E-state index in [2.05, 4.69) is 15.1 Å². The van der Waals surface area contributed by atoms with Crippen molar-refractivity contribution in [3.63, 3.8) is 0 Å². The lowest BCUT2D eigenvalue weighted by molar-refractivity contribution is 0.107. The Hall–Kier alpha value is -1.79. The first-order valence-electron chi connectivity index (χ1n) is 8.08. The van der Waals surface area contributed by atoms with E-state index in [0.717, 1.165) is 24.9 Å². The van der Waals surface area contributed by atoms with Gasteiger partial charge in [-0.05, 0) is 43.5 Å². The predicted octanol–water partition coefficient (Wildman–Crippen LogP) is 2.65. The summed E-state index contributed by atoms with van der Waals surface area (Å²) < 4.78 is 18.3. The lowest BCUT2D eigenvalue weighted by Gasteiger charge is -2.25. The molecule has 1 saturated carbocycles. The molecular formula is C17H22FN3O2. The van der Waals surface area contributed by atoms with Gasteiger partial charge in [-0.25, -0.2) is 4.39 Å². The zero-order valence-corrected chi connectivity index (χ0v) is 13.3. The number of hydrogen-bond acceptors (Lipinski definition) is 5. The van der Waals surface area contributed by atoms with E-state index in [1.807, 2.05) is 0 Å². The van der Waals surface area contributed by atoms with Crippen LogP contribution < -0.4 is 0 Å². The molecule has 1 atom stereocenters. The van der Waals surface area contributed by atoms with Crippen molar-refractivity contribution in [2.24, 2.45) is 0 Å². The Labute approximate surface area is 135 Å². The van der Waals surface area contributed by atoms with E-state index in [-0.39, 0.29) is 5.82 Å². The van der Waals surface area contributed by atoms with Crippen molar-refractivity contribution in [1.29, 1.82) is 0 Å². The standard InChI is InChI=1S/C17H22FN3O2/c1-12-19-20-17(23-12)3-2-10-21(15-8-9-15)11-16(22)13-4-6-14(18)7-5-13/h4-7,15-16,22H,2-3,8-11H2,1H3. The number of aliphatic hydroxyl groups is 1. The number of aromatic nitrogens is 2. The quantitative estimate of drug-likeness (QED) is 0.810. The van der Waals surface area contributed by atoms with Crippen molar-refractivity contribution in [2.45, 2.75) is 44.8 Å². The predicted molar refractivity (Wildman–Crippen MR) is 83.3 cm³/mol. The highest BCUT2D eigenvalue weighted by atomic mass is 19.1. The normalized spacial score (nSPS) is 16.0. The first-order chi connectivity index (χ1) is 11.1. The second kappa shape index (κ2) is 7.19. The number of benzene rings is 1. The van der Waals surface area contributed by atoms with Gasteiger partial charge in [0.15, 0.2) is 0 Å². The molecule has 2 aromatic rings. The van der Waals surface area contributed by atoms with Crippen LogP contribution in [0.2, 0.25) is 0 Å². The molecule has 0 amide bonds. The Kier molecular flexibility index (Phi) is 5.03. The van der Waals surface area contributed by atoms with Crippen LogP contribution in [0.15, 0.2) is 28.7 Å². The third kappa shape index (κ3) is 4.59. The van der Waals surface area contributed by atoms with Crippen LogP contribution in [0.5, 0.6) is 0 Å². The molecule has 23 heavy (non-hydrogen) atoms. The van der Waals surface area contributed by atoms with Crippen LogP contribution in [0, 0.1) is 12.7 Å². The molecule has 1 aromatic heterocycles. The highest BCUT2D eigenvalue weighted by Crippen LogP contribution is 2.29. The van der Waals surface area contributed by atoms with Gasteiger partial charge in [-0.15, -0.1) is 10.2 Å². The van der Waals surface area contributed by atoms with Crippen molar-refractivity contribution in [3.05, 3.63) is 47.4 Å². The molecular weight excluding hydrogens is 297 g/mol. The second-order valence-corrected chi connectivity index (χ2v) is 6.11. The summed E-state index contributed by atoms with van der Waals surface area (Å²) in [5, 5.41) is 18.2. The van der Waals surface area contributed by atoms with Gasteiger partial charge in [-0.1, -0.05) is 12.1 Å². The Bertz CT molecular complexity index is 625. The molecule has 5 nitrogen and oxygen atoms in total. The van der Waals surface area contributed by atoms with Crippen LogP contribution in [0.25, 0.3) is 0 Å². The molecule has 1 unspecified atom stereocenters. The summed E-state index contributed by atoms with van der Waals surface area (Å²) in [5.74, 6) is 0.970. The van der Waals surface area contributed by atoms with Gasteiger partial charge in [0.05, 0.1) is 6.10 Å². The van der Waals surface area contributed by atoms with Crippen molar-refractivity contribution in [3.8, 4) is 0 Å². The number of rotatable bonds is 8. The molecule has 0 saturated heterocycles. The minimum absolute atomic E-state index is 0.283. The summed E-state index contributed by atoms with van der Waals surface area (Å²) in [6.07, 6.45) is 3.41. The van der Waals surface area contributed by atoms with Gasteiger partial charge in [0.25, 0.3) is 0 Å². The van der Waals surface area contributed by atoms with Crippen LogP contribution in [0.1, 0.15) is 42.7 Å². The zero-order chi connectivity index (χ0) is 16.2. The number of aliphatic hydroxyl groups excluding tert-OH is 1. The van der Waals surface area contributed by atoms with Crippen molar-refractivity contribution >= 4 is 0 Å². The molecule has 0 radical (unpaired) electrons. The molecule has 0 bridgehead atoms. The number of hydrogen-bond donors (Lipinski definition) is 1. The van der Waals surface area contributed by atoms with Gasteiger partial charge in [0.1, 0.15) is 5.82 Å². The van der Waals surface area contributed by atoms with E-state index >= 15 is 0 Å². The summed E-state index contributed by atoms with van der Waals surface area (Å²) in [7, 11) is 0. The smallest absolute Gasteiger partial charge is 0.216 e. The average molecular weight is 319 g/mol. The minimum atomic E-state index is -0.596. The summed E-state index contributed by atoms with van der Waals surface area (Å²) >= 11 is 0. The third-order valence-corrected chi connectivity index (χ3v) is 4.13. The molecule has 1 heterocycles. The Balaban J connectivity index is 1.51. The lowest BCUT2D eigenvalue weighted by atomic mass is 10.1. The van der Waals surface area contributed by atoms with Crippen LogP contribution >= 0.6 is 0 Å². The SMILES string of the molecule is Cc1nnc(CCCN(CC(O)c2ccc(F)cc2)C2CC2)o1. The average Bonchev–Trinajstić information content (AvgIpc) is 3.30. The minimum Gasteiger partial charge on any atom is -0.426 e. The fourth-order valence-corrected chi connectivity index (χ4v) is 2.75. The topological polar surface area (TPSA) is 62.4 Å². The molecule has 6 heteroatoms. The van der Waals surface area contributed by atoms with Crippen molar-refractivity contribution in [2.75, 3.05) is 13.1 Å². The van der Waals surface area contributed by atoms with Gasteiger partial charge in [0, 0.05) is 25.9 Å². The van der Waals surface area contributed by atoms with Crippen LogP contribution in [0.4, 0.5) is 4.39 Å². The molecule has 1 aromatic carbocycles. The molecule has 124 valence electrons. The second-order valence-electron chi connectivity index (χ2n) is 6.11. The molecule has 1 N–H and O–H groups in total. The van der Waals surface area contributed by atoms with Crippen molar-refractivity contribution in [1.82, 2.24) is 15.1 Å².